The molecule has 116 valence electrons. The Kier molecular flexibility index (Phi) is 7.59. The van der Waals surface area contributed by atoms with Crippen LogP contribution < -0.4 is 5.32 Å². The van der Waals surface area contributed by atoms with E-state index in [1.54, 1.807) is 0 Å². The highest BCUT2D eigenvalue weighted by molar-refractivity contribution is 5.77. The minimum atomic E-state index is -0.130. The predicted molar refractivity (Wildman–Crippen MR) is 76.2 cm³/mol. The maximum Gasteiger partial charge on any atom is 0.308 e. The van der Waals surface area contributed by atoms with Gasteiger partial charge in [-0.05, 0) is 38.5 Å². The van der Waals surface area contributed by atoms with Crippen molar-refractivity contribution in [1.29, 1.82) is 0 Å². The molecule has 5 heteroatoms. The average Bonchev–Trinajstić information content (AvgIpc) is 2.50. The van der Waals surface area contributed by atoms with Gasteiger partial charge in [0.25, 0.3) is 0 Å². The molecule has 0 bridgehead atoms. The highest BCUT2D eigenvalue weighted by Gasteiger charge is 2.27. The Morgan fingerprint density at radius 3 is 2.25 bits per heavy atom. The van der Waals surface area contributed by atoms with E-state index in [1.165, 1.54) is 7.11 Å². The van der Waals surface area contributed by atoms with Crippen LogP contribution in [0.4, 0.5) is 0 Å². The third kappa shape index (κ3) is 5.49. The summed E-state index contributed by atoms with van der Waals surface area (Å²) in [7, 11) is 1.42. The molecule has 0 aromatic heterocycles. The normalized spacial score (nSPS) is 22.6. The van der Waals surface area contributed by atoms with Crippen LogP contribution in [0.2, 0.25) is 0 Å². The number of nitrogens with one attached hydrogen (secondary N) is 1. The molecule has 0 saturated heterocycles. The molecule has 1 fully saturated rings. The van der Waals surface area contributed by atoms with E-state index in [0.29, 0.717) is 0 Å². The number of amides is 1. The molecule has 20 heavy (non-hydrogen) atoms. The molecule has 1 amide bonds. The topological polar surface area (TPSA) is 64.6 Å². The first-order valence-electron chi connectivity index (χ1n) is 7.59. The van der Waals surface area contributed by atoms with Gasteiger partial charge in [-0.1, -0.05) is 13.8 Å². The van der Waals surface area contributed by atoms with Gasteiger partial charge in [0.15, 0.2) is 0 Å². The minimum Gasteiger partial charge on any atom is -0.469 e. The average molecular weight is 285 g/mol. The third-order valence-corrected chi connectivity index (χ3v) is 4.01. The zero-order valence-electron chi connectivity index (χ0n) is 12.8. The summed E-state index contributed by atoms with van der Waals surface area (Å²) in [6, 6.07) is 0.237. The number of hydrogen-bond acceptors (Lipinski definition) is 4. The Bertz CT molecular complexity index is 307. The van der Waals surface area contributed by atoms with Crippen LogP contribution >= 0.6 is 0 Å². The van der Waals surface area contributed by atoms with Gasteiger partial charge in [-0.15, -0.1) is 0 Å². The van der Waals surface area contributed by atoms with E-state index in [9.17, 15) is 9.59 Å². The van der Waals surface area contributed by atoms with E-state index in [4.69, 9.17) is 9.47 Å². The molecule has 0 atom stereocenters. The van der Waals surface area contributed by atoms with E-state index < -0.39 is 0 Å². The first kappa shape index (κ1) is 17.0. The fourth-order valence-corrected chi connectivity index (χ4v) is 2.59. The predicted octanol–water partition coefficient (Wildman–Crippen LogP) is 2.04. The second-order valence-corrected chi connectivity index (χ2v) is 5.39. The zero-order valence-corrected chi connectivity index (χ0v) is 12.8. The Hall–Kier alpha value is -1.10. The van der Waals surface area contributed by atoms with Gasteiger partial charge in [-0.3, -0.25) is 9.59 Å². The first-order chi connectivity index (χ1) is 9.60. The van der Waals surface area contributed by atoms with E-state index in [1.807, 2.05) is 0 Å². The number of methoxy groups -OCH3 is 1. The lowest BCUT2D eigenvalue weighted by atomic mass is 9.87. The lowest BCUT2D eigenvalue weighted by Crippen LogP contribution is -2.38. The summed E-state index contributed by atoms with van der Waals surface area (Å²) < 4.78 is 10.4. The molecule has 1 saturated carbocycles. The number of carbonyl (C=O) groups is 2. The van der Waals surface area contributed by atoms with E-state index >= 15 is 0 Å². The van der Waals surface area contributed by atoms with E-state index in [-0.39, 0.29) is 36.5 Å². The zero-order chi connectivity index (χ0) is 15.0. The Labute approximate surface area is 121 Å². The van der Waals surface area contributed by atoms with Crippen LogP contribution in [0.15, 0.2) is 0 Å². The van der Waals surface area contributed by atoms with Crippen molar-refractivity contribution < 1.29 is 19.1 Å². The molecule has 1 aliphatic carbocycles. The summed E-state index contributed by atoms with van der Waals surface area (Å²) in [5, 5.41) is 2.95. The molecular formula is C15H27NO4. The highest BCUT2D eigenvalue weighted by atomic mass is 16.5. The van der Waals surface area contributed by atoms with Gasteiger partial charge in [0.1, 0.15) is 6.61 Å². The molecule has 0 aromatic rings. The first-order valence-corrected chi connectivity index (χ1v) is 7.59. The van der Waals surface area contributed by atoms with Crippen molar-refractivity contribution in [2.75, 3.05) is 13.7 Å². The van der Waals surface area contributed by atoms with Crippen LogP contribution in [-0.4, -0.2) is 37.7 Å². The number of rotatable bonds is 7. The molecule has 0 aliphatic heterocycles. The molecule has 5 nitrogen and oxygen atoms in total. The molecule has 1 N–H and O–H groups in total. The van der Waals surface area contributed by atoms with Crippen molar-refractivity contribution in [2.45, 2.75) is 64.5 Å². The van der Waals surface area contributed by atoms with Crippen molar-refractivity contribution in [2.24, 2.45) is 5.92 Å². The van der Waals surface area contributed by atoms with Gasteiger partial charge >= 0.3 is 5.97 Å². The van der Waals surface area contributed by atoms with Crippen LogP contribution in [0.25, 0.3) is 0 Å². The molecule has 0 unspecified atom stereocenters. The Morgan fingerprint density at radius 1 is 1.15 bits per heavy atom. The number of ether oxygens (including phenoxy) is 2. The number of carbonyl (C=O) groups excluding carboxylic acids is 2. The molecular weight excluding hydrogens is 258 g/mol. The fraction of sp³-hybridized carbons (Fsp3) is 0.867. The van der Waals surface area contributed by atoms with Crippen molar-refractivity contribution >= 4 is 11.9 Å². The second-order valence-electron chi connectivity index (χ2n) is 5.39. The number of hydrogen-bond donors (Lipinski definition) is 1. The highest BCUT2D eigenvalue weighted by Crippen LogP contribution is 2.26. The van der Waals surface area contributed by atoms with Gasteiger partial charge in [-0.2, -0.15) is 0 Å². The van der Waals surface area contributed by atoms with Crippen LogP contribution in [0, 0.1) is 5.92 Å². The van der Waals surface area contributed by atoms with Crippen LogP contribution in [0.5, 0.6) is 0 Å². The standard InChI is InChI=1S/C15H27NO4/c1-4-12(5-2)16-14(17)10-20-13-8-6-11(7-9-13)15(18)19-3/h11-13H,4-10H2,1-3H3,(H,16,17). The molecule has 0 heterocycles. The summed E-state index contributed by atoms with van der Waals surface area (Å²) in [5.41, 5.74) is 0. The Morgan fingerprint density at radius 2 is 1.75 bits per heavy atom. The second kappa shape index (κ2) is 8.95. The third-order valence-electron chi connectivity index (χ3n) is 4.01. The molecule has 1 rings (SSSR count). The van der Waals surface area contributed by atoms with Gasteiger partial charge in [0, 0.05) is 6.04 Å². The van der Waals surface area contributed by atoms with Gasteiger partial charge in [0.05, 0.1) is 19.1 Å². The molecule has 1 aliphatic rings. The molecule has 0 radical (unpaired) electrons. The van der Waals surface area contributed by atoms with Gasteiger partial charge in [-0.25, -0.2) is 0 Å². The summed E-state index contributed by atoms with van der Waals surface area (Å²) in [4.78, 5) is 23.1. The van der Waals surface area contributed by atoms with E-state index in [0.717, 1.165) is 38.5 Å². The smallest absolute Gasteiger partial charge is 0.308 e. The van der Waals surface area contributed by atoms with Gasteiger partial charge < -0.3 is 14.8 Å². The minimum absolute atomic E-state index is 0.00163. The lowest BCUT2D eigenvalue weighted by Gasteiger charge is -2.27. The maximum atomic E-state index is 11.7. The Balaban J connectivity index is 2.21. The summed E-state index contributed by atoms with van der Waals surface area (Å²) in [5.74, 6) is -0.179. The molecule has 0 aromatic carbocycles. The van der Waals surface area contributed by atoms with E-state index in [2.05, 4.69) is 19.2 Å². The van der Waals surface area contributed by atoms with Crippen molar-refractivity contribution in [3.63, 3.8) is 0 Å². The maximum absolute atomic E-state index is 11.7. The largest absolute Gasteiger partial charge is 0.469 e. The van der Waals surface area contributed by atoms with Crippen molar-refractivity contribution in [3.8, 4) is 0 Å². The van der Waals surface area contributed by atoms with Crippen molar-refractivity contribution in [1.82, 2.24) is 5.32 Å². The molecule has 0 spiro atoms. The number of esters is 1. The van der Waals surface area contributed by atoms with Crippen LogP contribution in [-0.2, 0) is 19.1 Å². The quantitative estimate of drug-likeness (QED) is 0.727. The summed E-state index contributed by atoms with van der Waals surface area (Å²) in [6.45, 7) is 4.23. The van der Waals surface area contributed by atoms with Crippen molar-refractivity contribution in [3.05, 3.63) is 0 Å². The summed E-state index contributed by atoms with van der Waals surface area (Å²) >= 11 is 0. The van der Waals surface area contributed by atoms with Gasteiger partial charge in [0.2, 0.25) is 5.91 Å². The van der Waals surface area contributed by atoms with Crippen LogP contribution in [0.1, 0.15) is 52.4 Å². The monoisotopic (exact) mass is 285 g/mol. The summed E-state index contributed by atoms with van der Waals surface area (Å²) in [6.07, 6.45) is 5.16. The fourth-order valence-electron chi connectivity index (χ4n) is 2.59. The SMILES string of the molecule is CCC(CC)NC(=O)COC1CCC(C(=O)OC)CC1. The lowest BCUT2D eigenvalue weighted by molar-refractivity contribution is -0.148. The van der Waals surface area contributed by atoms with Crippen LogP contribution in [0.3, 0.4) is 0 Å².